The average molecular weight is 361 g/mol. The van der Waals surface area contributed by atoms with Gasteiger partial charge in [0.05, 0.1) is 28.6 Å². The van der Waals surface area contributed by atoms with Gasteiger partial charge in [-0.2, -0.15) is 0 Å². The first-order chi connectivity index (χ1) is 9.43. The van der Waals surface area contributed by atoms with Gasteiger partial charge in [-0.15, -0.1) is 0 Å². The van der Waals surface area contributed by atoms with Crippen LogP contribution in [0.15, 0.2) is 28.7 Å². The lowest BCUT2D eigenvalue weighted by Crippen LogP contribution is -2.02. The maximum atomic E-state index is 14.1. The lowest BCUT2D eigenvalue weighted by Gasteiger charge is -2.14. The van der Waals surface area contributed by atoms with Crippen LogP contribution in [0.3, 0.4) is 0 Å². The van der Waals surface area contributed by atoms with Crippen molar-refractivity contribution in [3.63, 3.8) is 0 Å². The van der Waals surface area contributed by atoms with Crippen LogP contribution in [0.4, 0.5) is 27.1 Å². The van der Waals surface area contributed by atoms with Crippen molar-refractivity contribution >= 4 is 50.3 Å². The first-order valence-corrected chi connectivity index (χ1v) is 6.74. The molecule has 0 saturated heterocycles. The number of anilines is 4. The van der Waals surface area contributed by atoms with E-state index in [0.29, 0.717) is 11.4 Å². The lowest BCUT2D eigenvalue weighted by molar-refractivity contribution is 0.412. The molecule has 106 valence electrons. The average Bonchev–Trinajstić information content (AvgIpc) is 2.43. The number of nitrogen functional groups attached to an aromatic ring is 2. The normalized spacial score (nSPS) is 10.4. The quantitative estimate of drug-likeness (QED) is 0.719. The van der Waals surface area contributed by atoms with E-state index in [4.69, 9.17) is 27.8 Å². The van der Waals surface area contributed by atoms with E-state index in [1.807, 2.05) is 0 Å². The smallest absolute Gasteiger partial charge is 0.169 e. The molecule has 0 amide bonds. The molecule has 0 unspecified atom stereocenters. The molecule has 0 aromatic heterocycles. The lowest BCUT2D eigenvalue weighted by atomic mass is 10.2. The highest BCUT2D eigenvalue weighted by molar-refractivity contribution is 9.10. The van der Waals surface area contributed by atoms with E-state index in [2.05, 4.69) is 21.2 Å². The molecule has 2 rings (SSSR count). The van der Waals surface area contributed by atoms with Gasteiger partial charge in [-0.25, -0.2) is 4.39 Å². The molecule has 4 nitrogen and oxygen atoms in total. The number of ether oxygens (including phenoxy) is 1. The molecule has 0 aliphatic rings. The summed E-state index contributed by atoms with van der Waals surface area (Å²) in [4.78, 5) is 0. The van der Waals surface area contributed by atoms with Crippen LogP contribution in [0.5, 0.6) is 5.75 Å². The van der Waals surface area contributed by atoms with E-state index in [1.165, 1.54) is 6.07 Å². The number of hydrogen-bond donors (Lipinski definition) is 3. The van der Waals surface area contributed by atoms with E-state index in [-0.39, 0.29) is 22.1 Å². The molecule has 0 spiro atoms. The fourth-order valence-corrected chi connectivity index (χ4v) is 2.23. The summed E-state index contributed by atoms with van der Waals surface area (Å²) in [6, 6.07) is 6.63. The summed E-state index contributed by atoms with van der Waals surface area (Å²) in [7, 11) is 1.54. The number of nitrogens with two attached hydrogens (primary N) is 2. The molecule has 0 bridgehead atoms. The van der Waals surface area contributed by atoms with Crippen molar-refractivity contribution in [3.05, 3.63) is 39.6 Å². The molecule has 0 fully saturated rings. The van der Waals surface area contributed by atoms with E-state index >= 15 is 0 Å². The summed E-state index contributed by atoms with van der Waals surface area (Å²) in [5.74, 6) is -0.0819. The van der Waals surface area contributed by atoms with E-state index in [1.54, 1.807) is 25.3 Å². The number of benzene rings is 2. The van der Waals surface area contributed by atoms with Crippen LogP contribution in [-0.4, -0.2) is 7.11 Å². The summed E-state index contributed by atoms with van der Waals surface area (Å²) < 4.78 is 20.0. The molecule has 7 heteroatoms. The van der Waals surface area contributed by atoms with E-state index in [0.717, 1.165) is 4.47 Å². The molecule has 20 heavy (non-hydrogen) atoms. The Hall–Kier alpha value is -1.66. The Morgan fingerprint density at radius 2 is 1.95 bits per heavy atom. The monoisotopic (exact) mass is 359 g/mol. The minimum absolute atomic E-state index is 0.0774. The van der Waals surface area contributed by atoms with Gasteiger partial charge >= 0.3 is 0 Å². The van der Waals surface area contributed by atoms with Gasteiger partial charge < -0.3 is 21.5 Å². The van der Waals surface area contributed by atoms with Crippen LogP contribution in [0.2, 0.25) is 5.02 Å². The third-order valence-electron chi connectivity index (χ3n) is 2.69. The van der Waals surface area contributed by atoms with Gasteiger partial charge in [0.1, 0.15) is 10.8 Å². The maximum absolute atomic E-state index is 14.1. The molecular formula is C13H12BrClFN3O. The minimum Gasteiger partial charge on any atom is -0.495 e. The highest BCUT2D eigenvalue weighted by Crippen LogP contribution is 2.36. The Kier molecular flexibility index (Phi) is 4.25. The van der Waals surface area contributed by atoms with Crippen molar-refractivity contribution in [2.45, 2.75) is 0 Å². The van der Waals surface area contributed by atoms with Gasteiger partial charge in [0, 0.05) is 11.8 Å². The standard InChI is InChI=1S/C13H12BrClFN3O/c1-20-10-4-6(2-3-7(10)14)19-13-9(18)5-8(17)11(15)12(13)16/h2-5,19H,17-18H2,1H3. The predicted octanol–water partition coefficient (Wildman–Crippen LogP) is 4.16. The second-order valence-electron chi connectivity index (χ2n) is 4.03. The second kappa shape index (κ2) is 5.76. The second-order valence-corrected chi connectivity index (χ2v) is 5.26. The third kappa shape index (κ3) is 2.76. The van der Waals surface area contributed by atoms with Gasteiger partial charge in [-0.3, -0.25) is 0 Å². The number of nitrogens with one attached hydrogen (secondary N) is 1. The van der Waals surface area contributed by atoms with Crippen LogP contribution in [-0.2, 0) is 0 Å². The molecule has 0 saturated carbocycles. The van der Waals surface area contributed by atoms with Crippen LogP contribution in [0, 0.1) is 5.82 Å². The predicted molar refractivity (Wildman–Crippen MR) is 84.2 cm³/mol. The maximum Gasteiger partial charge on any atom is 0.169 e. The van der Waals surface area contributed by atoms with Crippen molar-refractivity contribution < 1.29 is 9.13 Å². The zero-order valence-electron chi connectivity index (χ0n) is 10.5. The molecule has 0 aliphatic carbocycles. The van der Waals surface area contributed by atoms with Crippen LogP contribution < -0.4 is 21.5 Å². The van der Waals surface area contributed by atoms with Crippen molar-refractivity contribution in [1.82, 2.24) is 0 Å². The summed E-state index contributed by atoms with van der Waals surface area (Å²) >= 11 is 9.11. The molecule has 0 aliphatic heterocycles. The number of methoxy groups -OCH3 is 1. The third-order valence-corrected chi connectivity index (χ3v) is 3.73. The highest BCUT2D eigenvalue weighted by Gasteiger charge is 2.15. The minimum atomic E-state index is -0.689. The van der Waals surface area contributed by atoms with Crippen LogP contribution in [0.25, 0.3) is 0 Å². The highest BCUT2D eigenvalue weighted by atomic mass is 79.9. The fraction of sp³-hybridized carbons (Fsp3) is 0.0769. The fourth-order valence-electron chi connectivity index (χ4n) is 1.68. The van der Waals surface area contributed by atoms with Gasteiger partial charge in [-0.1, -0.05) is 11.6 Å². The SMILES string of the molecule is COc1cc(Nc2c(N)cc(N)c(Cl)c2F)ccc1Br. The molecule has 0 heterocycles. The molecular weight excluding hydrogens is 349 g/mol. The number of rotatable bonds is 3. The van der Waals surface area contributed by atoms with Crippen LogP contribution in [0.1, 0.15) is 0 Å². The van der Waals surface area contributed by atoms with Gasteiger partial charge in [0.2, 0.25) is 0 Å². The van der Waals surface area contributed by atoms with Crippen molar-refractivity contribution in [1.29, 1.82) is 0 Å². The van der Waals surface area contributed by atoms with Crippen LogP contribution >= 0.6 is 27.5 Å². The first-order valence-electron chi connectivity index (χ1n) is 5.57. The summed E-state index contributed by atoms with van der Waals surface area (Å²) in [6.45, 7) is 0. The van der Waals surface area contributed by atoms with Crippen molar-refractivity contribution in [2.24, 2.45) is 0 Å². The number of hydrogen-bond acceptors (Lipinski definition) is 4. The van der Waals surface area contributed by atoms with Crippen molar-refractivity contribution in [3.8, 4) is 5.75 Å². The molecule has 0 atom stereocenters. The molecule has 2 aromatic carbocycles. The Morgan fingerprint density at radius 3 is 2.60 bits per heavy atom. The largest absolute Gasteiger partial charge is 0.495 e. The Labute approximate surface area is 129 Å². The summed E-state index contributed by atoms with van der Waals surface area (Å²) in [6.07, 6.45) is 0. The van der Waals surface area contributed by atoms with E-state index < -0.39 is 5.82 Å². The Morgan fingerprint density at radius 1 is 1.25 bits per heavy atom. The zero-order valence-corrected chi connectivity index (χ0v) is 12.8. The zero-order chi connectivity index (χ0) is 14.9. The summed E-state index contributed by atoms with van der Waals surface area (Å²) in [5.41, 5.74) is 12.3. The van der Waals surface area contributed by atoms with Crippen molar-refractivity contribution in [2.75, 3.05) is 23.9 Å². The first kappa shape index (κ1) is 14.7. The van der Waals surface area contributed by atoms with Gasteiger partial charge in [-0.05, 0) is 34.1 Å². The van der Waals surface area contributed by atoms with Gasteiger partial charge in [0.15, 0.2) is 5.82 Å². The molecule has 2 aromatic rings. The topological polar surface area (TPSA) is 73.3 Å². The summed E-state index contributed by atoms with van der Waals surface area (Å²) in [5, 5.41) is 2.71. The molecule has 5 N–H and O–H groups in total. The van der Waals surface area contributed by atoms with Gasteiger partial charge in [0.25, 0.3) is 0 Å². The molecule has 0 radical (unpaired) electrons. The Balaban J connectivity index is 2.42. The Bertz CT molecular complexity index is 667. The number of halogens is 3. The van der Waals surface area contributed by atoms with E-state index in [9.17, 15) is 4.39 Å².